The van der Waals surface area contributed by atoms with Crippen LogP contribution in [0, 0.1) is 0 Å². The highest BCUT2D eigenvalue weighted by molar-refractivity contribution is 6.09. The van der Waals surface area contributed by atoms with Gasteiger partial charge < -0.3 is 10.6 Å². The van der Waals surface area contributed by atoms with Crippen molar-refractivity contribution in [2.24, 2.45) is 0 Å². The van der Waals surface area contributed by atoms with Gasteiger partial charge in [0.2, 0.25) is 5.91 Å². The molecule has 1 fully saturated rings. The Balaban J connectivity index is 1.69. The van der Waals surface area contributed by atoms with Crippen molar-refractivity contribution >= 4 is 17.8 Å². The van der Waals surface area contributed by atoms with Crippen LogP contribution in [0.4, 0.5) is 4.79 Å². The van der Waals surface area contributed by atoms with E-state index < -0.39 is 23.4 Å². The van der Waals surface area contributed by atoms with Crippen LogP contribution in [0.3, 0.4) is 0 Å². The average molecular weight is 394 g/mol. The molecule has 0 radical (unpaired) electrons. The van der Waals surface area contributed by atoms with Crippen molar-refractivity contribution in [1.29, 1.82) is 0 Å². The van der Waals surface area contributed by atoms with E-state index in [2.05, 4.69) is 36.4 Å². The van der Waals surface area contributed by atoms with E-state index in [4.69, 9.17) is 0 Å². The van der Waals surface area contributed by atoms with Gasteiger partial charge in [0.1, 0.15) is 12.1 Å². The number of urea groups is 1. The third-order valence-corrected chi connectivity index (χ3v) is 5.10. The molecule has 1 aromatic heterocycles. The van der Waals surface area contributed by atoms with E-state index in [-0.39, 0.29) is 18.5 Å². The van der Waals surface area contributed by atoms with Gasteiger partial charge in [0.05, 0.1) is 12.2 Å². The maximum Gasteiger partial charge on any atom is 0.325 e. The van der Waals surface area contributed by atoms with Gasteiger partial charge in [-0.25, -0.2) is 4.79 Å². The lowest BCUT2D eigenvalue weighted by Crippen LogP contribution is -2.43. The zero-order valence-electron chi connectivity index (χ0n) is 17.2. The third kappa shape index (κ3) is 4.29. The van der Waals surface area contributed by atoms with Crippen LogP contribution in [0.15, 0.2) is 48.7 Å². The van der Waals surface area contributed by atoms with Gasteiger partial charge in [-0.3, -0.25) is 19.5 Å². The number of amides is 4. The van der Waals surface area contributed by atoms with Crippen LogP contribution >= 0.6 is 0 Å². The molecule has 0 aliphatic carbocycles. The van der Waals surface area contributed by atoms with Gasteiger partial charge in [-0.05, 0) is 35.6 Å². The molecular formula is C22H26N4O3. The lowest BCUT2D eigenvalue weighted by Gasteiger charge is -2.24. The topological polar surface area (TPSA) is 91.4 Å². The number of imide groups is 1. The van der Waals surface area contributed by atoms with Crippen molar-refractivity contribution in [3.05, 3.63) is 65.5 Å². The molecule has 1 atom stereocenters. The first-order chi connectivity index (χ1) is 13.6. The molecule has 2 N–H and O–H groups in total. The van der Waals surface area contributed by atoms with Crippen molar-refractivity contribution in [3.8, 4) is 0 Å². The number of hydrogen-bond donors (Lipinski definition) is 2. The molecule has 1 aliphatic rings. The van der Waals surface area contributed by atoms with Gasteiger partial charge in [-0.15, -0.1) is 0 Å². The lowest BCUT2D eigenvalue weighted by molar-refractivity contribution is -0.134. The summed E-state index contributed by atoms with van der Waals surface area (Å²) in [6.45, 7) is 7.87. The first kappa shape index (κ1) is 20.5. The predicted octanol–water partition coefficient (Wildman–Crippen LogP) is 2.46. The standard InChI is InChI=1S/C22H26N4O3/c1-21(2,3)15-8-10-16(11-9-15)22(4)19(28)26(20(29)25-22)14-18(27)24-13-17-7-5-6-12-23-17/h5-12H,13-14H2,1-4H3,(H,24,27)(H,25,29). The second-order valence-corrected chi connectivity index (χ2v) is 8.37. The normalized spacial score (nSPS) is 19.2. The van der Waals surface area contributed by atoms with Crippen LogP contribution in [0.2, 0.25) is 0 Å². The number of pyridine rings is 1. The van der Waals surface area contributed by atoms with Crippen LogP contribution in [0.5, 0.6) is 0 Å². The number of benzene rings is 1. The Morgan fingerprint density at radius 1 is 1.14 bits per heavy atom. The molecule has 1 aromatic carbocycles. The summed E-state index contributed by atoms with van der Waals surface area (Å²) in [7, 11) is 0. The molecule has 0 saturated carbocycles. The Kier molecular flexibility index (Phi) is 5.42. The molecule has 7 nitrogen and oxygen atoms in total. The fourth-order valence-electron chi connectivity index (χ4n) is 3.23. The van der Waals surface area contributed by atoms with Crippen LogP contribution < -0.4 is 10.6 Å². The Morgan fingerprint density at radius 2 is 1.83 bits per heavy atom. The highest BCUT2D eigenvalue weighted by Gasteiger charge is 2.49. The summed E-state index contributed by atoms with van der Waals surface area (Å²) >= 11 is 0. The fourth-order valence-corrected chi connectivity index (χ4v) is 3.23. The van der Waals surface area contributed by atoms with Gasteiger partial charge in [0.15, 0.2) is 0 Å². The summed E-state index contributed by atoms with van der Waals surface area (Å²) < 4.78 is 0. The number of aromatic nitrogens is 1. The lowest BCUT2D eigenvalue weighted by atomic mass is 9.84. The van der Waals surface area contributed by atoms with Crippen molar-refractivity contribution in [2.75, 3.05) is 6.54 Å². The summed E-state index contributed by atoms with van der Waals surface area (Å²) in [6, 6.07) is 12.4. The molecule has 2 heterocycles. The smallest absolute Gasteiger partial charge is 0.325 e. The molecule has 0 bridgehead atoms. The van der Waals surface area contributed by atoms with E-state index in [1.165, 1.54) is 0 Å². The Hall–Kier alpha value is -3.22. The Labute approximate surface area is 170 Å². The molecule has 1 unspecified atom stereocenters. The van der Waals surface area contributed by atoms with Gasteiger partial charge in [0.25, 0.3) is 5.91 Å². The maximum atomic E-state index is 13.0. The van der Waals surface area contributed by atoms with E-state index in [1.54, 1.807) is 25.3 Å². The first-order valence-electron chi connectivity index (χ1n) is 9.53. The zero-order valence-corrected chi connectivity index (χ0v) is 17.2. The minimum absolute atomic E-state index is 0.0138. The largest absolute Gasteiger partial charge is 0.349 e. The Bertz CT molecular complexity index is 919. The summed E-state index contributed by atoms with van der Waals surface area (Å²) in [6.07, 6.45) is 1.63. The summed E-state index contributed by atoms with van der Waals surface area (Å²) in [5, 5.41) is 5.41. The number of hydrogen-bond acceptors (Lipinski definition) is 4. The summed E-state index contributed by atoms with van der Waals surface area (Å²) in [5.74, 6) is -0.870. The van der Waals surface area contributed by atoms with Gasteiger partial charge in [-0.2, -0.15) is 0 Å². The van der Waals surface area contributed by atoms with Gasteiger partial charge in [-0.1, -0.05) is 51.1 Å². The molecule has 1 aliphatic heterocycles. The van der Waals surface area contributed by atoms with Crippen LogP contribution in [-0.4, -0.2) is 34.3 Å². The average Bonchev–Trinajstić information content (AvgIpc) is 2.91. The molecule has 3 rings (SSSR count). The number of carbonyl (C=O) groups excluding carboxylic acids is 3. The second-order valence-electron chi connectivity index (χ2n) is 8.37. The SMILES string of the molecule is CC(C)(C)c1ccc(C2(C)NC(=O)N(CC(=O)NCc3ccccn3)C2=O)cc1. The van der Waals surface area contributed by atoms with Crippen molar-refractivity contribution in [3.63, 3.8) is 0 Å². The first-order valence-corrected chi connectivity index (χ1v) is 9.53. The molecule has 0 spiro atoms. The third-order valence-electron chi connectivity index (χ3n) is 5.10. The Morgan fingerprint density at radius 3 is 2.41 bits per heavy atom. The van der Waals surface area contributed by atoms with E-state index in [0.29, 0.717) is 11.3 Å². The summed E-state index contributed by atoms with van der Waals surface area (Å²) in [5.41, 5.74) is 1.30. The molecular weight excluding hydrogens is 368 g/mol. The van der Waals surface area contributed by atoms with E-state index in [0.717, 1.165) is 10.5 Å². The number of nitrogens with one attached hydrogen (secondary N) is 2. The molecule has 7 heteroatoms. The van der Waals surface area contributed by atoms with Crippen LogP contribution in [-0.2, 0) is 27.1 Å². The van der Waals surface area contributed by atoms with Crippen molar-refractivity contribution in [1.82, 2.24) is 20.5 Å². The molecule has 152 valence electrons. The highest BCUT2D eigenvalue weighted by atomic mass is 16.2. The molecule has 29 heavy (non-hydrogen) atoms. The minimum atomic E-state index is -1.20. The van der Waals surface area contributed by atoms with E-state index in [1.807, 2.05) is 30.3 Å². The molecule has 2 aromatic rings. The highest BCUT2D eigenvalue weighted by Crippen LogP contribution is 2.31. The second kappa shape index (κ2) is 7.66. The fraction of sp³-hybridized carbons (Fsp3) is 0.364. The maximum absolute atomic E-state index is 13.0. The number of rotatable bonds is 5. The molecule has 1 saturated heterocycles. The summed E-state index contributed by atoms with van der Waals surface area (Å²) in [4.78, 5) is 42.7. The quantitative estimate of drug-likeness (QED) is 0.762. The van der Waals surface area contributed by atoms with Crippen LogP contribution in [0.25, 0.3) is 0 Å². The van der Waals surface area contributed by atoms with Crippen LogP contribution in [0.1, 0.15) is 44.5 Å². The van der Waals surface area contributed by atoms with Crippen molar-refractivity contribution < 1.29 is 14.4 Å². The van der Waals surface area contributed by atoms with E-state index >= 15 is 0 Å². The minimum Gasteiger partial charge on any atom is -0.349 e. The number of carbonyl (C=O) groups is 3. The van der Waals surface area contributed by atoms with Gasteiger partial charge >= 0.3 is 6.03 Å². The molecule has 4 amide bonds. The van der Waals surface area contributed by atoms with Crippen molar-refractivity contribution in [2.45, 2.75) is 45.2 Å². The van der Waals surface area contributed by atoms with E-state index in [9.17, 15) is 14.4 Å². The predicted molar refractivity (Wildman–Crippen MR) is 109 cm³/mol. The monoisotopic (exact) mass is 394 g/mol. The zero-order chi connectivity index (χ0) is 21.2. The number of nitrogens with zero attached hydrogens (tertiary/aromatic N) is 2. The van der Waals surface area contributed by atoms with Gasteiger partial charge in [0, 0.05) is 6.20 Å².